The Morgan fingerprint density at radius 2 is 2.05 bits per heavy atom. The molecule has 19 heavy (non-hydrogen) atoms. The molecule has 2 N–H and O–H groups in total. The molecule has 0 aromatic heterocycles. The molecule has 0 radical (unpaired) electrons. The number of hydrogen-bond donors (Lipinski definition) is 1. The predicted molar refractivity (Wildman–Crippen MR) is 78.5 cm³/mol. The first kappa shape index (κ1) is 14.8. The highest BCUT2D eigenvalue weighted by Gasteiger charge is 2.38. The maximum absolute atomic E-state index is 9.00. The van der Waals surface area contributed by atoms with Crippen molar-refractivity contribution in [2.24, 2.45) is 23.0 Å². The third-order valence-corrected chi connectivity index (χ3v) is 5.06. The van der Waals surface area contributed by atoms with Gasteiger partial charge in [-0.05, 0) is 57.9 Å². The molecule has 3 nitrogen and oxygen atoms in total. The standard InChI is InChI=1S/C16H29N3/c1-16(2,12-17)8-3-4-9-19-10-13-6-5-7-15(18)14(13)11-19/h13-15H,3-11,18H2,1-2H3. The zero-order valence-corrected chi connectivity index (χ0v) is 12.6. The Balaban J connectivity index is 1.67. The minimum Gasteiger partial charge on any atom is -0.327 e. The molecule has 3 unspecified atom stereocenters. The molecule has 0 bridgehead atoms. The zero-order chi connectivity index (χ0) is 13.9. The number of likely N-dealkylation sites (tertiary alicyclic amines) is 1. The molecule has 0 aromatic rings. The molecule has 3 atom stereocenters. The molecule has 1 heterocycles. The molecule has 0 aromatic carbocycles. The Morgan fingerprint density at radius 3 is 2.74 bits per heavy atom. The van der Waals surface area contributed by atoms with Crippen LogP contribution in [0.1, 0.15) is 52.4 Å². The van der Waals surface area contributed by atoms with Crippen molar-refractivity contribution in [3.63, 3.8) is 0 Å². The Kier molecular flexibility index (Phi) is 4.86. The van der Waals surface area contributed by atoms with Crippen molar-refractivity contribution in [1.82, 2.24) is 4.90 Å². The van der Waals surface area contributed by atoms with E-state index in [2.05, 4.69) is 11.0 Å². The van der Waals surface area contributed by atoms with Gasteiger partial charge in [0.1, 0.15) is 0 Å². The summed E-state index contributed by atoms with van der Waals surface area (Å²) in [6, 6.07) is 2.83. The Morgan fingerprint density at radius 1 is 1.26 bits per heavy atom. The summed E-state index contributed by atoms with van der Waals surface area (Å²) in [5.74, 6) is 1.61. The van der Waals surface area contributed by atoms with E-state index in [1.54, 1.807) is 0 Å². The van der Waals surface area contributed by atoms with Crippen molar-refractivity contribution in [3.05, 3.63) is 0 Å². The molecule has 3 heteroatoms. The molecule has 108 valence electrons. The number of nitrogens with two attached hydrogens (primary N) is 1. The number of fused-ring (bicyclic) bond motifs is 1. The van der Waals surface area contributed by atoms with E-state index < -0.39 is 0 Å². The molecule has 2 aliphatic rings. The van der Waals surface area contributed by atoms with E-state index in [1.165, 1.54) is 51.7 Å². The van der Waals surface area contributed by atoms with Crippen molar-refractivity contribution < 1.29 is 0 Å². The third kappa shape index (κ3) is 3.94. The highest BCUT2D eigenvalue weighted by molar-refractivity contribution is 4.93. The van der Waals surface area contributed by atoms with Crippen LogP contribution in [0.15, 0.2) is 0 Å². The quantitative estimate of drug-likeness (QED) is 0.776. The van der Waals surface area contributed by atoms with Crippen LogP contribution < -0.4 is 5.73 Å². The van der Waals surface area contributed by atoms with Gasteiger partial charge in [0, 0.05) is 19.1 Å². The minimum atomic E-state index is -0.151. The fourth-order valence-corrected chi connectivity index (χ4v) is 3.75. The number of hydrogen-bond acceptors (Lipinski definition) is 3. The SMILES string of the molecule is CC(C)(C#N)CCCCN1CC2CCCC(N)C2C1. The van der Waals surface area contributed by atoms with Crippen molar-refractivity contribution in [3.8, 4) is 6.07 Å². The van der Waals surface area contributed by atoms with Crippen LogP contribution in [0.3, 0.4) is 0 Å². The first-order chi connectivity index (χ1) is 9.02. The summed E-state index contributed by atoms with van der Waals surface area (Å²) in [5.41, 5.74) is 6.10. The summed E-state index contributed by atoms with van der Waals surface area (Å²) in [6.45, 7) is 7.75. The van der Waals surface area contributed by atoms with E-state index in [0.29, 0.717) is 6.04 Å². The van der Waals surface area contributed by atoms with Gasteiger partial charge in [-0.2, -0.15) is 5.26 Å². The van der Waals surface area contributed by atoms with E-state index in [-0.39, 0.29) is 5.41 Å². The van der Waals surface area contributed by atoms with Crippen LogP contribution in [-0.2, 0) is 0 Å². The van der Waals surface area contributed by atoms with Gasteiger partial charge in [0.25, 0.3) is 0 Å². The number of nitrogens with zero attached hydrogens (tertiary/aromatic N) is 2. The topological polar surface area (TPSA) is 53.0 Å². The summed E-state index contributed by atoms with van der Waals surface area (Å²) in [7, 11) is 0. The van der Waals surface area contributed by atoms with Crippen molar-refractivity contribution in [2.75, 3.05) is 19.6 Å². The highest BCUT2D eigenvalue weighted by Crippen LogP contribution is 2.35. The van der Waals surface area contributed by atoms with Crippen LogP contribution in [0, 0.1) is 28.6 Å². The molecule has 1 aliphatic carbocycles. The van der Waals surface area contributed by atoms with Crippen LogP contribution in [0.2, 0.25) is 0 Å². The molecule has 1 aliphatic heterocycles. The lowest BCUT2D eigenvalue weighted by atomic mass is 9.78. The van der Waals surface area contributed by atoms with Gasteiger partial charge >= 0.3 is 0 Å². The van der Waals surface area contributed by atoms with Gasteiger partial charge in [-0.3, -0.25) is 0 Å². The van der Waals surface area contributed by atoms with Crippen LogP contribution >= 0.6 is 0 Å². The molecule has 1 saturated heterocycles. The van der Waals surface area contributed by atoms with Crippen molar-refractivity contribution in [2.45, 2.75) is 58.4 Å². The highest BCUT2D eigenvalue weighted by atomic mass is 15.2. The average Bonchev–Trinajstić information content (AvgIpc) is 2.79. The van der Waals surface area contributed by atoms with Crippen molar-refractivity contribution in [1.29, 1.82) is 5.26 Å². The maximum atomic E-state index is 9.00. The maximum Gasteiger partial charge on any atom is 0.0683 e. The second-order valence-corrected chi connectivity index (χ2v) is 7.23. The van der Waals surface area contributed by atoms with Crippen LogP contribution in [0.5, 0.6) is 0 Å². The van der Waals surface area contributed by atoms with Crippen LogP contribution in [0.4, 0.5) is 0 Å². The van der Waals surface area contributed by atoms with E-state index in [4.69, 9.17) is 11.0 Å². The van der Waals surface area contributed by atoms with E-state index in [9.17, 15) is 0 Å². The molecule has 2 rings (SSSR count). The minimum absolute atomic E-state index is 0.151. The first-order valence-corrected chi connectivity index (χ1v) is 7.91. The number of nitriles is 1. The second kappa shape index (κ2) is 6.24. The van der Waals surface area contributed by atoms with Gasteiger partial charge in [0.05, 0.1) is 11.5 Å². The molecular weight excluding hydrogens is 234 g/mol. The molecule has 0 spiro atoms. The Hall–Kier alpha value is -0.590. The van der Waals surface area contributed by atoms with Gasteiger partial charge in [0.2, 0.25) is 0 Å². The van der Waals surface area contributed by atoms with E-state index >= 15 is 0 Å². The predicted octanol–water partition coefficient (Wildman–Crippen LogP) is 2.77. The van der Waals surface area contributed by atoms with Crippen molar-refractivity contribution >= 4 is 0 Å². The summed E-state index contributed by atoms with van der Waals surface area (Å²) >= 11 is 0. The van der Waals surface area contributed by atoms with Crippen LogP contribution in [0.25, 0.3) is 0 Å². The normalized spacial score (nSPS) is 32.0. The number of rotatable bonds is 5. The first-order valence-electron chi connectivity index (χ1n) is 7.91. The Labute approximate surface area is 118 Å². The molecular formula is C16H29N3. The molecule has 1 saturated carbocycles. The molecule has 0 amide bonds. The van der Waals surface area contributed by atoms with Gasteiger partial charge < -0.3 is 10.6 Å². The summed E-state index contributed by atoms with van der Waals surface area (Å²) in [4.78, 5) is 2.61. The fraction of sp³-hybridized carbons (Fsp3) is 0.938. The summed E-state index contributed by atoms with van der Waals surface area (Å²) < 4.78 is 0. The lowest BCUT2D eigenvalue weighted by molar-refractivity contribution is 0.259. The van der Waals surface area contributed by atoms with Crippen LogP contribution in [-0.4, -0.2) is 30.6 Å². The Bertz CT molecular complexity index is 331. The van der Waals surface area contributed by atoms with Gasteiger partial charge in [-0.15, -0.1) is 0 Å². The monoisotopic (exact) mass is 263 g/mol. The smallest absolute Gasteiger partial charge is 0.0683 e. The number of unbranched alkanes of at least 4 members (excludes halogenated alkanes) is 1. The van der Waals surface area contributed by atoms with Gasteiger partial charge in [-0.1, -0.05) is 12.8 Å². The molecule has 2 fully saturated rings. The van der Waals surface area contributed by atoms with E-state index in [0.717, 1.165) is 18.3 Å². The third-order valence-electron chi connectivity index (χ3n) is 5.06. The van der Waals surface area contributed by atoms with Gasteiger partial charge in [-0.25, -0.2) is 0 Å². The summed E-state index contributed by atoms with van der Waals surface area (Å²) in [5, 5.41) is 9.00. The lowest BCUT2D eigenvalue weighted by Crippen LogP contribution is -2.38. The van der Waals surface area contributed by atoms with E-state index in [1.807, 2.05) is 13.8 Å². The lowest BCUT2D eigenvalue weighted by Gasteiger charge is -2.29. The largest absolute Gasteiger partial charge is 0.327 e. The average molecular weight is 263 g/mol. The summed E-state index contributed by atoms with van der Waals surface area (Å²) in [6.07, 6.45) is 7.34. The van der Waals surface area contributed by atoms with Gasteiger partial charge in [0.15, 0.2) is 0 Å². The second-order valence-electron chi connectivity index (χ2n) is 7.23. The fourth-order valence-electron chi connectivity index (χ4n) is 3.75. The zero-order valence-electron chi connectivity index (χ0n) is 12.6.